The summed E-state index contributed by atoms with van der Waals surface area (Å²) in [5.74, 6) is 0.748. The highest BCUT2D eigenvalue weighted by Crippen LogP contribution is 2.16. The summed E-state index contributed by atoms with van der Waals surface area (Å²) in [5, 5.41) is 8.12. The van der Waals surface area contributed by atoms with Crippen molar-refractivity contribution in [3.63, 3.8) is 0 Å². The Kier molecular flexibility index (Phi) is 3.42. The van der Waals surface area contributed by atoms with E-state index in [0.717, 1.165) is 24.6 Å². The lowest BCUT2D eigenvalue weighted by Gasteiger charge is -2.21. The van der Waals surface area contributed by atoms with Crippen LogP contribution in [0.1, 0.15) is 18.5 Å². The van der Waals surface area contributed by atoms with E-state index in [1.807, 2.05) is 22.9 Å². The molecule has 0 saturated carbocycles. The minimum atomic E-state index is 0.748. The molecule has 2 aromatic rings. The maximum atomic E-state index is 4.66. The number of rotatable bonds is 3. The molecular weight excluding hydrogens is 222 g/mol. The van der Waals surface area contributed by atoms with Gasteiger partial charge in [-0.3, -0.25) is 0 Å². The van der Waals surface area contributed by atoms with Crippen LogP contribution in [-0.4, -0.2) is 22.9 Å². The first-order chi connectivity index (χ1) is 8.92. The molecule has 0 aliphatic carbocycles. The minimum absolute atomic E-state index is 0.748. The topological polar surface area (TPSA) is 29.9 Å². The minimum Gasteiger partial charge on any atom is -0.316 e. The summed E-state index contributed by atoms with van der Waals surface area (Å²) in [7, 11) is 0. The fourth-order valence-corrected chi connectivity index (χ4v) is 2.59. The van der Waals surface area contributed by atoms with Crippen molar-refractivity contribution in [2.45, 2.75) is 19.3 Å². The zero-order chi connectivity index (χ0) is 12.2. The monoisotopic (exact) mass is 241 g/mol. The average Bonchev–Trinajstić information content (AvgIpc) is 2.89. The molecule has 0 spiro atoms. The average molecular weight is 241 g/mol. The molecule has 1 aromatic heterocycles. The smallest absolute Gasteiger partial charge is 0.0645 e. The molecule has 3 rings (SSSR count). The molecule has 1 unspecified atom stereocenters. The third-order valence-corrected chi connectivity index (χ3v) is 3.56. The molecule has 1 atom stereocenters. The van der Waals surface area contributed by atoms with E-state index in [1.54, 1.807) is 0 Å². The number of piperidine rings is 1. The van der Waals surface area contributed by atoms with E-state index in [2.05, 4.69) is 34.8 Å². The number of hydrogen-bond donors (Lipinski definition) is 1. The Labute approximate surface area is 108 Å². The highest BCUT2D eigenvalue weighted by atomic mass is 15.3. The third-order valence-electron chi connectivity index (χ3n) is 3.56. The Hall–Kier alpha value is -1.61. The van der Waals surface area contributed by atoms with Crippen LogP contribution in [0.5, 0.6) is 0 Å². The van der Waals surface area contributed by atoms with E-state index >= 15 is 0 Å². The van der Waals surface area contributed by atoms with Crippen molar-refractivity contribution >= 4 is 0 Å². The predicted molar refractivity (Wildman–Crippen MR) is 72.9 cm³/mol. The van der Waals surface area contributed by atoms with E-state index in [0.29, 0.717) is 0 Å². The highest BCUT2D eigenvalue weighted by Gasteiger charge is 2.14. The van der Waals surface area contributed by atoms with Crippen molar-refractivity contribution in [3.8, 4) is 5.69 Å². The van der Waals surface area contributed by atoms with Crippen LogP contribution in [0.2, 0.25) is 0 Å². The predicted octanol–water partition coefficient (Wildman–Crippen LogP) is 2.41. The summed E-state index contributed by atoms with van der Waals surface area (Å²) >= 11 is 0. The Bertz CT molecular complexity index is 483. The molecule has 94 valence electrons. The van der Waals surface area contributed by atoms with E-state index in [9.17, 15) is 0 Å². The molecule has 0 amide bonds. The van der Waals surface area contributed by atoms with Crippen molar-refractivity contribution in [1.82, 2.24) is 15.1 Å². The van der Waals surface area contributed by atoms with E-state index in [-0.39, 0.29) is 0 Å². The molecule has 1 aliphatic heterocycles. The van der Waals surface area contributed by atoms with Gasteiger partial charge >= 0.3 is 0 Å². The lowest BCUT2D eigenvalue weighted by molar-refractivity contribution is 0.373. The summed E-state index contributed by atoms with van der Waals surface area (Å²) < 4.78 is 1.96. The van der Waals surface area contributed by atoms with Crippen molar-refractivity contribution in [2.75, 3.05) is 13.1 Å². The van der Waals surface area contributed by atoms with Gasteiger partial charge in [0.15, 0.2) is 0 Å². The van der Waals surface area contributed by atoms with Crippen LogP contribution < -0.4 is 5.32 Å². The Balaban J connectivity index is 1.69. The summed E-state index contributed by atoms with van der Waals surface area (Å²) in [6.45, 7) is 2.31. The van der Waals surface area contributed by atoms with E-state index in [1.165, 1.54) is 25.1 Å². The lowest BCUT2D eigenvalue weighted by atomic mass is 9.95. The van der Waals surface area contributed by atoms with Crippen LogP contribution >= 0.6 is 0 Å². The SMILES string of the molecule is c1ccc(-n2ccc(CC3CCCNC3)n2)cc1. The number of aromatic nitrogens is 2. The highest BCUT2D eigenvalue weighted by molar-refractivity contribution is 5.30. The molecule has 3 nitrogen and oxygen atoms in total. The van der Waals surface area contributed by atoms with E-state index < -0.39 is 0 Å². The zero-order valence-electron chi connectivity index (χ0n) is 10.5. The molecule has 1 aromatic carbocycles. The first-order valence-corrected chi connectivity index (χ1v) is 6.72. The maximum Gasteiger partial charge on any atom is 0.0645 e. The number of nitrogens with zero attached hydrogens (tertiary/aromatic N) is 2. The van der Waals surface area contributed by atoms with Gasteiger partial charge in [-0.25, -0.2) is 4.68 Å². The van der Waals surface area contributed by atoms with Gasteiger partial charge in [-0.1, -0.05) is 18.2 Å². The molecule has 1 saturated heterocycles. The van der Waals surface area contributed by atoms with Crippen LogP contribution in [0.15, 0.2) is 42.6 Å². The molecule has 3 heteroatoms. The Morgan fingerprint density at radius 3 is 2.89 bits per heavy atom. The first kappa shape index (κ1) is 11.5. The first-order valence-electron chi connectivity index (χ1n) is 6.72. The second kappa shape index (κ2) is 5.36. The largest absolute Gasteiger partial charge is 0.316 e. The van der Waals surface area contributed by atoms with Crippen molar-refractivity contribution < 1.29 is 0 Å². The zero-order valence-corrected chi connectivity index (χ0v) is 10.5. The lowest BCUT2D eigenvalue weighted by Crippen LogP contribution is -2.30. The summed E-state index contributed by atoms with van der Waals surface area (Å²) in [6, 6.07) is 12.4. The summed E-state index contributed by atoms with van der Waals surface area (Å²) in [4.78, 5) is 0. The van der Waals surface area contributed by atoms with Crippen LogP contribution in [0.4, 0.5) is 0 Å². The quantitative estimate of drug-likeness (QED) is 0.894. The van der Waals surface area contributed by atoms with Crippen LogP contribution in [0.25, 0.3) is 5.69 Å². The molecule has 1 fully saturated rings. The van der Waals surface area contributed by atoms with Gasteiger partial charge in [-0.05, 0) is 56.5 Å². The molecule has 2 heterocycles. The van der Waals surface area contributed by atoms with Crippen molar-refractivity contribution in [1.29, 1.82) is 0 Å². The van der Waals surface area contributed by atoms with Crippen molar-refractivity contribution in [3.05, 3.63) is 48.3 Å². The van der Waals surface area contributed by atoms with Crippen LogP contribution in [0.3, 0.4) is 0 Å². The van der Waals surface area contributed by atoms with Crippen molar-refractivity contribution in [2.24, 2.45) is 5.92 Å². The second-order valence-corrected chi connectivity index (χ2v) is 5.00. The normalized spacial score (nSPS) is 19.9. The van der Waals surface area contributed by atoms with E-state index in [4.69, 9.17) is 0 Å². The molecule has 0 radical (unpaired) electrons. The van der Waals surface area contributed by atoms with Gasteiger partial charge in [0.2, 0.25) is 0 Å². The standard InChI is InChI=1S/C15H19N3/c1-2-6-15(7-3-1)18-10-8-14(17-18)11-13-5-4-9-16-12-13/h1-3,6-8,10,13,16H,4-5,9,11-12H2. The van der Waals surface area contributed by atoms with Gasteiger partial charge in [0.25, 0.3) is 0 Å². The Morgan fingerprint density at radius 2 is 2.11 bits per heavy atom. The Morgan fingerprint density at radius 1 is 1.22 bits per heavy atom. The van der Waals surface area contributed by atoms with Crippen LogP contribution in [0, 0.1) is 5.92 Å². The number of nitrogens with one attached hydrogen (secondary N) is 1. The number of hydrogen-bond acceptors (Lipinski definition) is 2. The van der Waals surface area contributed by atoms with Gasteiger partial charge in [-0.15, -0.1) is 0 Å². The summed E-state index contributed by atoms with van der Waals surface area (Å²) in [5.41, 5.74) is 2.33. The van der Waals surface area contributed by atoms with Gasteiger partial charge in [0.1, 0.15) is 0 Å². The van der Waals surface area contributed by atoms with Gasteiger partial charge < -0.3 is 5.32 Å². The van der Waals surface area contributed by atoms with Crippen LogP contribution in [-0.2, 0) is 6.42 Å². The molecule has 0 bridgehead atoms. The van der Waals surface area contributed by atoms with Gasteiger partial charge in [0, 0.05) is 6.20 Å². The molecule has 1 N–H and O–H groups in total. The third kappa shape index (κ3) is 2.62. The molecule has 1 aliphatic rings. The molecule has 18 heavy (non-hydrogen) atoms. The second-order valence-electron chi connectivity index (χ2n) is 5.00. The fourth-order valence-electron chi connectivity index (χ4n) is 2.59. The van der Waals surface area contributed by atoms with Gasteiger partial charge in [-0.2, -0.15) is 5.10 Å². The number of para-hydroxylation sites is 1. The maximum absolute atomic E-state index is 4.66. The molecular formula is C15H19N3. The number of benzene rings is 1. The fraction of sp³-hybridized carbons (Fsp3) is 0.400. The summed E-state index contributed by atoms with van der Waals surface area (Å²) in [6.07, 6.45) is 5.77. The van der Waals surface area contributed by atoms with Gasteiger partial charge in [0.05, 0.1) is 11.4 Å².